The summed E-state index contributed by atoms with van der Waals surface area (Å²) in [6, 6.07) is 11.9. The number of aromatic nitrogens is 1. The van der Waals surface area contributed by atoms with E-state index in [-0.39, 0.29) is 6.04 Å². The average molecular weight is 380 g/mol. The number of anilines is 1. The number of nitrogens with zero attached hydrogens (tertiary/aromatic N) is 4. The minimum absolute atomic E-state index is 0.0418. The molecule has 1 saturated heterocycles. The largest absolute Gasteiger partial charge is 0.478 e. The predicted octanol–water partition coefficient (Wildman–Crippen LogP) is 3.60. The second-order valence-electron chi connectivity index (χ2n) is 6.62. The number of ether oxygens (including phenoxy) is 1. The highest BCUT2D eigenvalue weighted by Gasteiger charge is 2.29. The molecular formula is C21H24N4O3. The molecule has 1 aromatic carbocycles. The third kappa shape index (κ3) is 3.86. The maximum Gasteiger partial charge on any atom is 0.407 e. The Labute approximate surface area is 164 Å². The Balaban J connectivity index is 1.95. The molecule has 1 aliphatic heterocycles. The molecule has 1 unspecified atom stereocenters. The van der Waals surface area contributed by atoms with E-state index >= 15 is 0 Å². The van der Waals surface area contributed by atoms with Crippen molar-refractivity contribution in [2.45, 2.75) is 26.3 Å². The first-order valence-corrected chi connectivity index (χ1v) is 9.45. The lowest BCUT2D eigenvalue weighted by Gasteiger charge is -2.41. The quantitative estimate of drug-likeness (QED) is 0.852. The Hall–Kier alpha value is -3.27. The summed E-state index contributed by atoms with van der Waals surface area (Å²) in [5.74, 6) is 0.545. The van der Waals surface area contributed by atoms with Crippen molar-refractivity contribution >= 4 is 11.8 Å². The van der Waals surface area contributed by atoms with Gasteiger partial charge < -0.3 is 19.6 Å². The van der Waals surface area contributed by atoms with Crippen molar-refractivity contribution in [1.82, 2.24) is 9.88 Å². The molecule has 3 rings (SSSR count). The van der Waals surface area contributed by atoms with Gasteiger partial charge in [-0.05, 0) is 43.2 Å². The van der Waals surface area contributed by atoms with Crippen LogP contribution in [0.2, 0.25) is 0 Å². The summed E-state index contributed by atoms with van der Waals surface area (Å²) < 4.78 is 5.61. The van der Waals surface area contributed by atoms with Crippen molar-refractivity contribution in [2.75, 3.05) is 31.1 Å². The van der Waals surface area contributed by atoms with E-state index in [2.05, 4.69) is 16.0 Å². The van der Waals surface area contributed by atoms with Crippen LogP contribution in [0.3, 0.4) is 0 Å². The van der Waals surface area contributed by atoms with Crippen LogP contribution >= 0.6 is 0 Å². The highest BCUT2D eigenvalue weighted by atomic mass is 16.5. The van der Waals surface area contributed by atoms with Gasteiger partial charge in [0.15, 0.2) is 0 Å². The molecule has 28 heavy (non-hydrogen) atoms. The van der Waals surface area contributed by atoms with Crippen molar-refractivity contribution in [2.24, 2.45) is 0 Å². The predicted molar refractivity (Wildman–Crippen MR) is 107 cm³/mol. The highest BCUT2D eigenvalue weighted by Crippen LogP contribution is 2.33. The average Bonchev–Trinajstić information content (AvgIpc) is 2.73. The van der Waals surface area contributed by atoms with E-state index in [1.807, 2.05) is 44.2 Å². The smallest absolute Gasteiger partial charge is 0.407 e. The molecule has 0 saturated carbocycles. The summed E-state index contributed by atoms with van der Waals surface area (Å²) in [5.41, 5.74) is 3.11. The zero-order valence-electron chi connectivity index (χ0n) is 16.1. The Kier molecular flexibility index (Phi) is 5.99. The summed E-state index contributed by atoms with van der Waals surface area (Å²) in [7, 11) is 0. The maximum absolute atomic E-state index is 11.3. The van der Waals surface area contributed by atoms with Gasteiger partial charge in [0.25, 0.3) is 0 Å². The number of pyridine rings is 1. The van der Waals surface area contributed by atoms with Gasteiger partial charge in [-0.3, -0.25) is 0 Å². The van der Waals surface area contributed by atoms with Gasteiger partial charge in [0.1, 0.15) is 6.07 Å². The van der Waals surface area contributed by atoms with Gasteiger partial charge in [-0.1, -0.05) is 13.0 Å². The first-order chi connectivity index (χ1) is 13.6. The van der Waals surface area contributed by atoms with Gasteiger partial charge in [0, 0.05) is 37.4 Å². The molecule has 0 bridgehead atoms. The normalized spacial score (nSPS) is 16.5. The van der Waals surface area contributed by atoms with Crippen molar-refractivity contribution in [3.8, 4) is 23.1 Å². The lowest BCUT2D eigenvalue weighted by Crippen LogP contribution is -2.54. The highest BCUT2D eigenvalue weighted by molar-refractivity contribution is 5.75. The Bertz CT molecular complexity index is 893. The summed E-state index contributed by atoms with van der Waals surface area (Å²) in [5, 5.41) is 19.0. The molecule has 1 atom stereocenters. The molecule has 0 spiro atoms. The minimum Gasteiger partial charge on any atom is -0.478 e. The second-order valence-corrected chi connectivity index (χ2v) is 6.62. The van der Waals surface area contributed by atoms with Gasteiger partial charge in [0.2, 0.25) is 5.88 Å². The van der Waals surface area contributed by atoms with E-state index in [1.54, 1.807) is 6.20 Å². The lowest BCUT2D eigenvalue weighted by molar-refractivity contribution is 0.134. The maximum atomic E-state index is 11.3. The zero-order valence-corrected chi connectivity index (χ0v) is 16.1. The number of hydrogen-bond acceptors (Lipinski definition) is 5. The zero-order chi connectivity index (χ0) is 20.1. The molecule has 7 nitrogen and oxygen atoms in total. The van der Waals surface area contributed by atoms with E-state index in [0.29, 0.717) is 37.7 Å². The van der Waals surface area contributed by atoms with E-state index < -0.39 is 6.09 Å². The van der Waals surface area contributed by atoms with Crippen LogP contribution in [0.5, 0.6) is 5.88 Å². The van der Waals surface area contributed by atoms with Gasteiger partial charge in [-0.25, -0.2) is 9.78 Å². The molecule has 146 valence electrons. The first-order valence-electron chi connectivity index (χ1n) is 9.45. The minimum atomic E-state index is -0.894. The standard InChI is InChI=1S/C21H24N4O3/c1-3-17-14-24(21(26)27)10-11-25(17)19-8-7-15(12-16(19)13-22)18-6-5-9-23-20(18)28-4-2/h5-9,12,17H,3-4,10-11,14H2,1-2H3,(H,26,27). The van der Waals surface area contributed by atoms with Crippen LogP contribution in [0, 0.1) is 11.3 Å². The number of rotatable bonds is 5. The van der Waals surface area contributed by atoms with Crippen molar-refractivity contribution in [3.63, 3.8) is 0 Å². The Morgan fingerprint density at radius 3 is 2.86 bits per heavy atom. The molecule has 1 fully saturated rings. The molecule has 2 heterocycles. The number of amides is 1. The number of nitriles is 1. The van der Waals surface area contributed by atoms with Crippen LogP contribution in [-0.2, 0) is 0 Å². The van der Waals surface area contributed by atoms with Crippen LogP contribution < -0.4 is 9.64 Å². The summed E-state index contributed by atoms with van der Waals surface area (Å²) >= 11 is 0. The van der Waals surface area contributed by atoms with Crippen molar-refractivity contribution in [3.05, 3.63) is 42.1 Å². The molecule has 1 aliphatic rings. The van der Waals surface area contributed by atoms with Crippen LogP contribution in [0.25, 0.3) is 11.1 Å². The molecule has 0 radical (unpaired) electrons. The monoisotopic (exact) mass is 380 g/mol. The molecule has 0 aliphatic carbocycles. The molecule has 1 amide bonds. The Morgan fingerprint density at radius 1 is 1.36 bits per heavy atom. The summed E-state index contributed by atoms with van der Waals surface area (Å²) in [6.45, 7) is 5.89. The third-order valence-electron chi connectivity index (χ3n) is 5.01. The van der Waals surface area contributed by atoms with Crippen LogP contribution in [0.1, 0.15) is 25.8 Å². The van der Waals surface area contributed by atoms with Crippen molar-refractivity contribution in [1.29, 1.82) is 5.26 Å². The van der Waals surface area contributed by atoms with E-state index in [4.69, 9.17) is 4.74 Å². The van der Waals surface area contributed by atoms with Gasteiger partial charge in [-0.2, -0.15) is 5.26 Å². The fourth-order valence-electron chi connectivity index (χ4n) is 3.60. The summed E-state index contributed by atoms with van der Waals surface area (Å²) in [6.07, 6.45) is 1.59. The number of piperazine rings is 1. The molecule has 7 heteroatoms. The van der Waals surface area contributed by atoms with E-state index in [1.165, 1.54) is 4.90 Å². The van der Waals surface area contributed by atoms with Gasteiger partial charge >= 0.3 is 6.09 Å². The molecule has 1 N–H and O–H groups in total. The van der Waals surface area contributed by atoms with E-state index in [9.17, 15) is 15.2 Å². The van der Waals surface area contributed by atoms with E-state index in [0.717, 1.165) is 23.2 Å². The van der Waals surface area contributed by atoms with Crippen molar-refractivity contribution < 1.29 is 14.6 Å². The first kappa shape index (κ1) is 19.5. The molecular weight excluding hydrogens is 356 g/mol. The number of carboxylic acid groups (broad SMARTS) is 1. The summed E-state index contributed by atoms with van der Waals surface area (Å²) in [4.78, 5) is 19.2. The number of hydrogen-bond donors (Lipinski definition) is 1. The Morgan fingerprint density at radius 2 is 2.18 bits per heavy atom. The SMILES string of the molecule is CCOc1ncccc1-c1ccc(N2CCN(C(=O)O)CC2CC)c(C#N)c1. The van der Waals surface area contributed by atoms with Gasteiger partial charge in [-0.15, -0.1) is 0 Å². The number of carbonyl (C=O) groups is 1. The topological polar surface area (TPSA) is 89.7 Å². The number of benzene rings is 1. The third-order valence-corrected chi connectivity index (χ3v) is 5.01. The fraction of sp³-hybridized carbons (Fsp3) is 0.381. The van der Waals surface area contributed by atoms with Crippen LogP contribution in [0.4, 0.5) is 10.5 Å². The van der Waals surface area contributed by atoms with Crippen LogP contribution in [-0.4, -0.2) is 53.4 Å². The molecule has 2 aromatic rings. The lowest BCUT2D eigenvalue weighted by atomic mass is 10.0. The van der Waals surface area contributed by atoms with Crippen LogP contribution in [0.15, 0.2) is 36.5 Å². The fourth-order valence-corrected chi connectivity index (χ4v) is 3.60. The second kappa shape index (κ2) is 8.61. The van der Waals surface area contributed by atoms with Gasteiger partial charge in [0.05, 0.1) is 17.9 Å². The molecule has 1 aromatic heterocycles.